The minimum atomic E-state index is -0.985. The van der Waals surface area contributed by atoms with Gasteiger partial charge in [0.2, 0.25) is 0 Å². The number of aromatic nitrogens is 1. The molecule has 0 fully saturated rings. The zero-order chi connectivity index (χ0) is 21.0. The van der Waals surface area contributed by atoms with Crippen LogP contribution in [0.25, 0.3) is 0 Å². The first-order valence-corrected chi connectivity index (χ1v) is 9.48. The van der Waals surface area contributed by atoms with Crippen molar-refractivity contribution in [3.05, 3.63) is 52.3 Å². The third-order valence-electron chi connectivity index (χ3n) is 5.01. The molecular formula is C22H28N2O4. The number of hydrogen-bond donors (Lipinski definition) is 2. The second kappa shape index (κ2) is 8.87. The van der Waals surface area contributed by atoms with Crippen molar-refractivity contribution >= 4 is 23.3 Å². The van der Waals surface area contributed by atoms with Crippen LogP contribution in [-0.4, -0.2) is 28.7 Å². The van der Waals surface area contributed by atoms with E-state index in [0.717, 1.165) is 17.7 Å². The Hall–Kier alpha value is -2.89. The highest BCUT2D eigenvalue weighted by atomic mass is 16.5. The van der Waals surface area contributed by atoms with Gasteiger partial charge in [0.05, 0.1) is 0 Å². The molecule has 6 nitrogen and oxygen atoms in total. The van der Waals surface area contributed by atoms with Crippen molar-refractivity contribution in [1.82, 2.24) is 4.98 Å². The molecule has 0 saturated heterocycles. The molecule has 1 aromatic heterocycles. The van der Waals surface area contributed by atoms with Crippen molar-refractivity contribution in [3.63, 3.8) is 0 Å². The van der Waals surface area contributed by atoms with Gasteiger partial charge in [-0.3, -0.25) is 9.59 Å². The molecule has 0 saturated carbocycles. The van der Waals surface area contributed by atoms with Crippen LogP contribution in [0.5, 0.6) is 0 Å². The predicted molar refractivity (Wildman–Crippen MR) is 109 cm³/mol. The number of aryl methyl sites for hydroxylation is 1. The summed E-state index contributed by atoms with van der Waals surface area (Å²) in [5.41, 5.74) is 3.57. The number of amides is 1. The molecule has 2 aromatic rings. The van der Waals surface area contributed by atoms with Gasteiger partial charge in [-0.1, -0.05) is 32.0 Å². The average Bonchev–Trinajstić information content (AvgIpc) is 2.95. The molecule has 2 N–H and O–H groups in total. The van der Waals surface area contributed by atoms with E-state index in [2.05, 4.69) is 24.1 Å². The van der Waals surface area contributed by atoms with E-state index in [1.165, 1.54) is 13.8 Å². The van der Waals surface area contributed by atoms with Crippen molar-refractivity contribution in [3.8, 4) is 0 Å². The lowest BCUT2D eigenvalue weighted by atomic mass is 9.97. The van der Waals surface area contributed by atoms with E-state index in [4.69, 9.17) is 4.74 Å². The third kappa shape index (κ3) is 4.50. The first kappa shape index (κ1) is 21.4. The van der Waals surface area contributed by atoms with Crippen LogP contribution in [-0.2, 0) is 9.53 Å². The number of carbonyl (C=O) groups is 3. The van der Waals surface area contributed by atoms with Gasteiger partial charge in [0, 0.05) is 16.9 Å². The number of benzene rings is 1. The summed E-state index contributed by atoms with van der Waals surface area (Å²) in [5.74, 6) is -0.899. The van der Waals surface area contributed by atoms with Crippen molar-refractivity contribution in [2.45, 2.75) is 60.0 Å². The van der Waals surface area contributed by atoms with Gasteiger partial charge in [-0.15, -0.1) is 0 Å². The number of para-hydroxylation sites is 1. The third-order valence-corrected chi connectivity index (χ3v) is 5.01. The number of ketones is 1. The van der Waals surface area contributed by atoms with E-state index < -0.39 is 18.0 Å². The molecule has 0 radical (unpaired) electrons. The van der Waals surface area contributed by atoms with Crippen molar-refractivity contribution in [1.29, 1.82) is 0 Å². The Kier molecular flexibility index (Phi) is 6.78. The molecule has 2 atom stereocenters. The smallest absolute Gasteiger partial charge is 0.355 e. The Labute approximate surface area is 165 Å². The summed E-state index contributed by atoms with van der Waals surface area (Å²) in [6.07, 6.45) is -0.0391. The van der Waals surface area contributed by atoms with E-state index >= 15 is 0 Å². The summed E-state index contributed by atoms with van der Waals surface area (Å²) in [6, 6.07) is 7.61. The number of anilines is 1. The fraction of sp³-hybridized carbons (Fsp3) is 0.409. The minimum Gasteiger partial charge on any atom is -0.448 e. The Morgan fingerprint density at radius 1 is 1.14 bits per heavy atom. The van der Waals surface area contributed by atoms with E-state index in [1.807, 2.05) is 24.3 Å². The number of nitrogens with one attached hydrogen (secondary N) is 2. The highest BCUT2D eigenvalue weighted by Crippen LogP contribution is 2.27. The van der Waals surface area contributed by atoms with Crippen LogP contribution in [0.15, 0.2) is 24.3 Å². The number of H-pyrrole nitrogens is 1. The fourth-order valence-corrected chi connectivity index (χ4v) is 3.25. The van der Waals surface area contributed by atoms with Crippen LogP contribution in [0.4, 0.5) is 5.69 Å². The number of ether oxygens (including phenoxy) is 1. The van der Waals surface area contributed by atoms with E-state index in [-0.39, 0.29) is 11.5 Å². The number of rotatable bonds is 7. The van der Waals surface area contributed by atoms with E-state index in [9.17, 15) is 14.4 Å². The lowest BCUT2D eigenvalue weighted by Crippen LogP contribution is -2.30. The maximum Gasteiger partial charge on any atom is 0.355 e. The minimum absolute atomic E-state index is 0.127. The Bertz CT molecular complexity index is 898. The van der Waals surface area contributed by atoms with Gasteiger partial charge in [-0.25, -0.2) is 4.79 Å². The molecule has 0 bridgehead atoms. The van der Waals surface area contributed by atoms with Gasteiger partial charge in [-0.2, -0.15) is 0 Å². The highest BCUT2D eigenvalue weighted by Gasteiger charge is 2.25. The van der Waals surface area contributed by atoms with E-state index in [0.29, 0.717) is 22.7 Å². The second-order valence-electron chi connectivity index (χ2n) is 7.11. The lowest BCUT2D eigenvalue weighted by Gasteiger charge is -2.18. The van der Waals surface area contributed by atoms with Gasteiger partial charge < -0.3 is 15.0 Å². The number of aromatic amines is 1. The first-order chi connectivity index (χ1) is 13.2. The molecule has 2 rings (SSSR count). The molecule has 28 heavy (non-hydrogen) atoms. The van der Waals surface area contributed by atoms with Crippen molar-refractivity contribution in [2.24, 2.45) is 0 Å². The molecule has 0 aliphatic rings. The second-order valence-corrected chi connectivity index (χ2v) is 7.11. The Balaban J connectivity index is 2.13. The maximum absolute atomic E-state index is 12.6. The summed E-state index contributed by atoms with van der Waals surface area (Å²) >= 11 is 0. The maximum atomic E-state index is 12.6. The molecule has 0 spiro atoms. The van der Waals surface area contributed by atoms with Gasteiger partial charge in [0.25, 0.3) is 5.91 Å². The monoisotopic (exact) mass is 384 g/mol. The van der Waals surface area contributed by atoms with Crippen molar-refractivity contribution in [2.75, 3.05) is 5.32 Å². The van der Waals surface area contributed by atoms with Gasteiger partial charge in [0.15, 0.2) is 11.9 Å². The quantitative estimate of drug-likeness (QED) is 0.542. The molecule has 1 heterocycles. The number of esters is 1. The SMILES string of the molecule is CC[C@H](C)c1ccccc1NC(=O)[C@@H](C)OC(=O)c1[nH]c(C)c(C(C)=O)c1C. The van der Waals surface area contributed by atoms with Crippen LogP contribution in [0.3, 0.4) is 0 Å². The molecule has 150 valence electrons. The van der Waals surface area contributed by atoms with Crippen LogP contribution < -0.4 is 5.32 Å². The zero-order valence-corrected chi connectivity index (χ0v) is 17.3. The standard InChI is InChI=1S/C22H28N2O4/c1-7-12(2)17-10-8-9-11-18(17)24-21(26)16(6)28-22(27)20-13(3)19(15(5)25)14(4)23-20/h8-12,16,23H,7H2,1-6H3,(H,24,26)/t12-,16+/m0/s1. The number of carbonyl (C=O) groups excluding carboxylic acids is 3. The average molecular weight is 384 g/mol. The summed E-state index contributed by atoms with van der Waals surface area (Å²) in [5, 5.41) is 2.85. The first-order valence-electron chi connectivity index (χ1n) is 9.48. The molecular weight excluding hydrogens is 356 g/mol. The highest BCUT2D eigenvalue weighted by molar-refractivity contribution is 6.02. The Morgan fingerprint density at radius 2 is 1.79 bits per heavy atom. The van der Waals surface area contributed by atoms with Gasteiger partial charge in [0.1, 0.15) is 5.69 Å². The molecule has 6 heteroatoms. The largest absolute Gasteiger partial charge is 0.448 e. The molecule has 1 amide bonds. The summed E-state index contributed by atoms with van der Waals surface area (Å²) in [7, 11) is 0. The Morgan fingerprint density at radius 3 is 2.36 bits per heavy atom. The molecule has 0 unspecified atom stereocenters. The van der Waals surface area contributed by atoms with Gasteiger partial charge >= 0.3 is 5.97 Å². The zero-order valence-electron chi connectivity index (χ0n) is 17.3. The summed E-state index contributed by atoms with van der Waals surface area (Å²) in [6.45, 7) is 10.6. The van der Waals surface area contributed by atoms with E-state index in [1.54, 1.807) is 13.8 Å². The fourth-order valence-electron chi connectivity index (χ4n) is 3.25. The predicted octanol–water partition coefficient (Wildman–Crippen LogP) is 4.53. The normalized spacial score (nSPS) is 12.9. The van der Waals surface area contributed by atoms with Crippen molar-refractivity contribution < 1.29 is 19.1 Å². The summed E-state index contributed by atoms with van der Waals surface area (Å²) in [4.78, 5) is 39.7. The topological polar surface area (TPSA) is 88.3 Å². The molecule has 0 aliphatic heterocycles. The summed E-state index contributed by atoms with van der Waals surface area (Å²) < 4.78 is 5.33. The van der Waals surface area contributed by atoms with Crippen LogP contribution in [0.2, 0.25) is 0 Å². The number of hydrogen-bond acceptors (Lipinski definition) is 4. The molecule has 1 aromatic carbocycles. The van der Waals surface area contributed by atoms with Gasteiger partial charge in [-0.05, 0) is 57.2 Å². The van der Waals surface area contributed by atoms with Crippen LogP contribution >= 0.6 is 0 Å². The molecule has 0 aliphatic carbocycles. The van der Waals surface area contributed by atoms with Crippen LogP contribution in [0, 0.1) is 13.8 Å². The van der Waals surface area contributed by atoms with Crippen LogP contribution in [0.1, 0.15) is 77.7 Å². The number of Topliss-reactive ketones (excluding diaryl/α,β-unsaturated/α-hetero) is 1. The lowest BCUT2D eigenvalue weighted by molar-refractivity contribution is -0.123.